The maximum Gasteiger partial charge on any atom is 0.524 e. The molecule has 122 valence electrons. The van der Waals surface area contributed by atoms with Crippen LogP contribution in [0.25, 0.3) is 0 Å². The Kier molecular flexibility index (Phi) is 8.05. The van der Waals surface area contributed by atoms with Gasteiger partial charge in [-0.2, -0.15) is 0 Å². The highest BCUT2D eigenvalue weighted by Gasteiger charge is 2.20. The van der Waals surface area contributed by atoms with Gasteiger partial charge in [0.15, 0.2) is 0 Å². The van der Waals surface area contributed by atoms with Crippen molar-refractivity contribution in [1.29, 1.82) is 0 Å². The van der Waals surface area contributed by atoms with E-state index in [1.807, 2.05) is 13.0 Å². The minimum atomic E-state index is -4.43. The molecule has 21 heavy (non-hydrogen) atoms. The van der Waals surface area contributed by atoms with Gasteiger partial charge in [0.05, 0.1) is 25.4 Å². The average Bonchev–Trinajstić information content (AvgIpc) is 2.42. The summed E-state index contributed by atoms with van der Waals surface area (Å²) in [6.45, 7) is 2.39. The summed E-state index contributed by atoms with van der Waals surface area (Å²) in [4.78, 5) is 17.2. The van der Waals surface area contributed by atoms with Gasteiger partial charge < -0.3 is 25.6 Å². The third kappa shape index (κ3) is 7.54. The van der Waals surface area contributed by atoms with E-state index in [9.17, 15) is 4.57 Å². The molecule has 0 aliphatic heterocycles. The van der Waals surface area contributed by atoms with Crippen molar-refractivity contribution in [1.82, 2.24) is 0 Å². The Morgan fingerprint density at radius 2 is 1.62 bits per heavy atom. The first-order chi connectivity index (χ1) is 9.58. The Balaban J connectivity index is 0.000000433. The predicted octanol–water partition coefficient (Wildman–Crippen LogP) is -0.564. The van der Waals surface area contributed by atoms with Crippen LogP contribution < -0.4 is 10.3 Å². The normalized spacial score (nSPS) is 11.6. The molecule has 1 aromatic rings. The summed E-state index contributed by atoms with van der Waals surface area (Å²) in [6.07, 6.45) is 0. The van der Waals surface area contributed by atoms with Gasteiger partial charge in [0.1, 0.15) is 5.75 Å². The lowest BCUT2D eigenvalue weighted by Crippen LogP contribution is -2.50. The fourth-order valence-corrected chi connectivity index (χ4v) is 1.56. The molecule has 1 rings (SSSR count). The fourth-order valence-electron chi connectivity index (χ4n) is 1.10. The van der Waals surface area contributed by atoms with Crippen LogP contribution in [-0.2, 0) is 4.57 Å². The minimum absolute atomic E-state index is 0.230. The molecule has 8 nitrogen and oxygen atoms in total. The van der Waals surface area contributed by atoms with Crippen LogP contribution in [0, 0.1) is 13.8 Å². The van der Waals surface area contributed by atoms with Crippen molar-refractivity contribution in [2.24, 2.45) is 5.73 Å². The lowest BCUT2D eigenvalue weighted by molar-refractivity contribution is 0.0697. The van der Waals surface area contributed by atoms with E-state index in [4.69, 9.17) is 30.8 Å². The topological polar surface area (TPSA) is 153 Å². The highest BCUT2D eigenvalue weighted by atomic mass is 31.2. The highest BCUT2D eigenvalue weighted by molar-refractivity contribution is 7.46. The van der Waals surface area contributed by atoms with Crippen LogP contribution in [0.5, 0.6) is 5.75 Å². The van der Waals surface area contributed by atoms with E-state index in [1.165, 1.54) is 6.07 Å². The van der Waals surface area contributed by atoms with E-state index in [0.717, 1.165) is 11.1 Å². The summed E-state index contributed by atoms with van der Waals surface area (Å²) in [5.41, 5.74) is 5.62. The number of aryl methyl sites for hydroxylation is 1. The molecular weight excluding hydrogens is 301 g/mol. The third-order valence-corrected chi connectivity index (χ3v) is 3.15. The molecule has 0 atom stereocenters. The number of phosphoric acid groups is 1. The van der Waals surface area contributed by atoms with Crippen molar-refractivity contribution in [3.05, 3.63) is 29.3 Å². The smallest absolute Gasteiger partial charge is 0.404 e. The molecule has 1 aromatic carbocycles. The minimum Gasteiger partial charge on any atom is -0.404 e. The first-order valence-corrected chi connectivity index (χ1v) is 7.54. The molecule has 0 aliphatic carbocycles. The van der Waals surface area contributed by atoms with Crippen molar-refractivity contribution < 1.29 is 34.2 Å². The zero-order chi connectivity index (χ0) is 16.7. The second-order valence-electron chi connectivity index (χ2n) is 4.62. The van der Waals surface area contributed by atoms with Gasteiger partial charge in [0, 0.05) is 0 Å². The standard InChI is InChI=1S/C8H11O4P.C4H11NO3/c1-6-4-3-5-8(7(6)2)12-13(9,10)11;5-4(1-6,2-7)3-8/h3-5H,1-2H3,(H2,9,10,11);6-8H,1-3,5H2. The summed E-state index contributed by atoms with van der Waals surface area (Å²) in [6, 6.07) is 5.07. The van der Waals surface area contributed by atoms with Crippen LogP contribution in [0.1, 0.15) is 11.1 Å². The zero-order valence-corrected chi connectivity index (χ0v) is 12.8. The number of hydrogen-bond donors (Lipinski definition) is 6. The molecule has 0 saturated heterocycles. The van der Waals surface area contributed by atoms with E-state index in [2.05, 4.69) is 4.52 Å². The van der Waals surface area contributed by atoms with Crippen LogP contribution in [0.4, 0.5) is 0 Å². The lowest BCUT2D eigenvalue weighted by atomic mass is 10.1. The Labute approximate surface area is 123 Å². The van der Waals surface area contributed by atoms with E-state index < -0.39 is 33.2 Å². The van der Waals surface area contributed by atoms with Gasteiger partial charge in [0.25, 0.3) is 0 Å². The quantitative estimate of drug-likeness (QED) is 0.394. The van der Waals surface area contributed by atoms with Crippen molar-refractivity contribution in [3.63, 3.8) is 0 Å². The first-order valence-electron chi connectivity index (χ1n) is 6.01. The van der Waals surface area contributed by atoms with Crippen molar-refractivity contribution in [3.8, 4) is 5.75 Å². The maximum atomic E-state index is 10.5. The van der Waals surface area contributed by atoms with Crippen molar-refractivity contribution in [2.75, 3.05) is 19.8 Å². The molecule has 0 unspecified atom stereocenters. The van der Waals surface area contributed by atoms with Gasteiger partial charge in [-0.1, -0.05) is 12.1 Å². The Morgan fingerprint density at radius 3 is 1.95 bits per heavy atom. The Morgan fingerprint density at radius 1 is 1.14 bits per heavy atom. The van der Waals surface area contributed by atoms with Crippen LogP contribution in [0.15, 0.2) is 18.2 Å². The van der Waals surface area contributed by atoms with Crippen LogP contribution in [0.3, 0.4) is 0 Å². The van der Waals surface area contributed by atoms with Crippen molar-refractivity contribution in [2.45, 2.75) is 19.4 Å². The van der Waals surface area contributed by atoms with Crippen LogP contribution >= 0.6 is 7.82 Å². The summed E-state index contributed by atoms with van der Waals surface area (Å²) in [5.74, 6) is 0.230. The monoisotopic (exact) mass is 323 g/mol. The summed E-state index contributed by atoms with van der Waals surface area (Å²) >= 11 is 0. The molecule has 7 N–H and O–H groups in total. The zero-order valence-electron chi connectivity index (χ0n) is 11.9. The second kappa shape index (κ2) is 8.45. The number of hydrogen-bond acceptors (Lipinski definition) is 6. The molecule has 9 heteroatoms. The summed E-state index contributed by atoms with van der Waals surface area (Å²) in [7, 11) is -4.43. The van der Waals surface area contributed by atoms with Crippen LogP contribution in [-0.4, -0.2) is 50.5 Å². The summed E-state index contributed by atoms with van der Waals surface area (Å²) < 4.78 is 15.0. The number of rotatable bonds is 5. The first kappa shape index (κ1) is 20.0. The van der Waals surface area contributed by atoms with Gasteiger partial charge in [0.2, 0.25) is 0 Å². The Hall–Kier alpha value is -0.990. The SMILES string of the molecule is Cc1cccc(OP(=O)(O)O)c1C.NC(CO)(CO)CO. The number of benzene rings is 1. The fraction of sp³-hybridized carbons (Fsp3) is 0.500. The largest absolute Gasteiger partial charge is 0.524 e. The molecule has 0 spiro atoms. The van der Waals surface area contributed by atoms with E-state index >= 15 is 0 Å². The van der Waals surface area contributed by atoms with Crippen molar-refractivity contribution >= 4 is 7.82 Å². The lowest BCUT2D eigenvalue weighted by Gasteiger charge is -2.20. The van der Waals surface area contributed by atoms with Gasteiger partial charge in [-0.05, 0) is 31.0 Å². The molecule has 0 saturated carbocycles. The molecule has 0 radical (unpaired) electrons. The molecular formula is C12H22NO7P. The van der Waals surface area contributed by atoms with E-state index in [1.54, 1.807) is 13.0 Å². The highest BCUT2D eigenvalue weighted by Crippen LogP contribution is 2.39. The van der Waals surface area contributed by atoms with E-state index in [0.29, 0.717) is 0 Å². The molecule has 0 amide bonds. The number of aliphatic hydroxyl groups excluding tert-OH is 3. The van der Waals surface area contributed by atoms with E-state index in [-0.39, 0.29) is 5.75 Å². The van der Waals surface area contributed by atoms with Gasteiger partial charge >= 0.3 is 7.82 Å². The Bertz CT molecular complexity index is 476. The molecule has 0 aromatic heterocycles. The third-order valence-electron chi connectivity index (χ3n) is 2.72. The van der Waals surface area contributed by atoms with Gasteiger partial charge in [-0.25, -0.2) is 4.57 Å². The molecule has 0 fully saturated rings. The molecule has 0 aliphatic rings. The van der Waals surface area contributed by atoms with Gasteiger partial charge in [-0.3, -0.25) is 9.79 Å². The maximum absolute atomic E-state index is 10.5. The predicted molar refractivity (Wildman–Crippen MR) is 76.8 cm³/mol. The number of phosphoric ester groups is 1. The molecule has 0 heterocycles. The second-order valence-corrected chi connectivity index (χ2v) is 5.78. The summed E-state index contributed by atoms with van der Waals surface area (Å²) in [5, 5.41) is 25.0. The average molecular weight is 323 g/mol. The van der Waals surface area contributed by atoms with Gasteiger partial charge in [-0.15, -0.1) is 0 Å². The molecule has 0 bridgehead atoms. The number of nitrogens with two attached hydrogens (primary N) is 1. The number of aliphatic hydroxyl groups is 3. The van der Waals surface area contributed by atoms with Crippen LogP contribution in [0.2, 0.25) is 0 Å².